The number of nitrogen functional groups attached to an aromatic ring is 1. The monoisotopic (exact) mass is 285 g/mol. The van der Waals surface area contributed by atoms with Crippen LogP contribution in [0.5, 0.6) is 0 Å². The molecule has 2 heterocycles. The maximum atomic E-state index is 11.5. The van der Waals surface area contributed by atoms with E-state index >= 15 is 0 Å². The molecule has 3 rings (SSSR count). The Balaban J connectivity index is 1.89. The second kappa shape index (κ2) is 5.16. The van der Waals surface area contributed by atoms with Crippen LogP contribution in [0, 0.1) is 6.92 Å². The third kappa shape index (κ3) is 2.59. The fourth-order valence-corrected chi connectivity index (χ4v) is 2.68. The second-order valence-corrected chi connectivity index (χ2v) is 5.47. The third-order valence-electron chi connectivity index (χ3n) is 3.93. The van der Waals surface area contributed by atoms with Gasteiger partial charge < -0.3 is 20.4 Å². The number of anilines is 3. The minimum atomic E-state index is 0.0616. The lowest BCUT2D eigenvalue weighted by Crippen LogP contribution is -2.22. The van der Waals surface area contributed by atoms with Crippen LogP contribution in [0.4, 0.5) is 17.1 Å². The molecule has 1 aromatic heterocycles. The molecule has 0 atom stereocenters. The zero-order chi connectivity index (χ0) is 15.0. The summed E-state index contributed by atoms with van der Waals surface area (Å²) < 4.78 is 5.32. The van der Waals surface area contributed by atoms with Crippen LogP contribution in [0.15, 0.2) is 28.9 Å². The van der Waals surface area contributed by atoms with Crippen LogP contribution in [0.1, 0.15) is 23.3 Å². The summed E-state index contributed by atoms with van der Waals surface area (Å²) in [5.74, 6) is 0.971. The van der Waals surface area contributed by atoms with E-state index in [0.717, 1.165) is 40.4 Å². The van der Waals surface area contributed by atoms with E-state index in [1.54, 1.807) is 6.26 Å². The fraction of sp³-hybridized carbons (Fsp3) is 0.312. The maximum Gasteiger partial charge on any atom is 0.224 e. The van der Waals surface area contributed by atoms with Crippen LogP contribution in [0.3, 0.4) is 0 Å². The van der Waals surface area contributed by atoms with Crippen molar-refractivity contribution < 1.29 is 9.21 Å². The van der Waals surface area contributed by atoms with Gasteiger partial charge in [-0.05, 0) is 37.1 Å². The molecule has 1 amide bonds. The lowest BCUT2D eigenvalue weighted by molar-refractivity contribution is -0.116. The van der Waals surface area contributed by atoms with Gasteiger partial charge in [-0.15, -0.1) is 0 Å². The van der Waals surface area contributed by atoms with Crippen LogP contribution in [-0.4, -0.2) is 13.0 Å². The van der Waals surface area contributed by atoms with Crippen LogP contribution >= 0.6 is 0 Å². The number of nitrogens with one attached hydrogen (secondary N) is 1. The lowest BCUT2D eigenvalue weighted by atomic mass is 10.0. The number of amides is 1. The second-order valence-electron chi connectivity index (χ2n) is 5.47. The summed E-state index contributed by atoms with van der Waals surface area (Å²) in [6.07, 6.45) is 2.96. The van der Waals surface area contributed by atoms with Crippen LogP contribution in [0.2, 0.25) is 0 Å². The summed E-state index contributed by atoms with van der Waals surface area (Å²) in [5.41, 5.74) is 10.9. The molecule has 1 aliphatic heterocycles. The first-order valence-corrected chi connectivity index (χ1v) is 7.01. The van der Waals surface area contributed by atoms with Crippen molar-refractivity contribution in [3.8, 4) is 0 Å². The van der Waals surface area contributed by atoms with Crippen LogP contribution in [0.25, 0.3) is 0 Å². The highest BCUT2D eigenvalue weighted by molar-refractivity contribution is 5.95. The Labute approximate surface area is 123 Å². The van der Waals surface area contributed by atoms with Gasteiger partial charge in [-0.3, -0.25) is 4.79 Å². The first-order chi connectivity index (χ1) is 10.0. The van der Waals surface area contributed by atoms with Gasteiger partial charge >= 0.3 is 0 Å². The van der Waals surface area contributed by atoms with Crippen LogP contribution in [-0.2, 0) is 17.8 Å². The standard InChI is InChI=1S/C16H19N3O2/c1-10-12(5-6-21-10)9-19(2)15-8-14-11(7-13(15)17)3-4-16(20)18-14/h5-8H,3-4,9,17H2,1-2H3,(H,18,20). The van der Waals surface area contributed by atoms with Gasteiger partial charge in [0.15, 0.2) is 0 Å². The van der Waals surface area contributed by atoms with E-state index in [0.29, 0.717) is 13.0 Å². The molecule has 2 aromatic rings. The van der Waals surface area contributed by atoms with E-state index in [2.05, 4.69) is 10.2 Å². The van der Waals surface area contributed by atoms with Crippen molar-refractivity contribution in [2.45, 2.75) is 26.3 Å². The Hall–Kier alpha value is -2.43. The number of hydrogen-bond donors (Lipinski definition) is 2. The zero-order valence-corrected chi connectivity index (χ0v) is 12.3. The average molecular weight is 285 g/mol. The molecule has 0 unspecified atom stereocenters. The number of furan rings is 1. The molecule has 5 heteroatoms. The van der Waals surface area contributed by atoms with Gasteiger partial charge in [0.05, 0.1) is 17.6 Å². The number of nitrogens with zero attached hydrogens (tertiary/aromatic N) is 1. The van der Waals surface area contributed by atoms with Gasteiger partial charge in [-0.2, -0.15) is 0 Å². The van der Waals surface area contributed by atoms with Gasteiger partial charge in [-0.25, -0.2) is 0 Å². The summed E-state index contributed by atoms with van der Waals surface area (Å²) in [7, 11) is 1.98. The summed E-state index contributed by atoms with van der Waals surface area (Å²) in [4.78, 5) is 13.6. The summed E-state index contributed by atoms with van der Waals surface area (Å²) in [6, 6.07) is 5.88. The third-order valence-corrected chi connectivity index (χ3v) is 3.93. The number of benzene rings is 1. The number of carbonyl (C=O) groups excluding carboxylic acids is 1. The van der Waals surface area contributed by atoms with Crippen molar-refractivity contribution in [1.29, 1.82) is 0 Å². The zero-order valence-electron chi connectivity index (χ0n) is 12.3. The topological polar surface area (TPSA) is 71.5 Å². The van der Waals surface area contributed by atoms with Gasteiger partial charge in [0.1, 0.15) is 5.76 Å². The number of fused-ring (bicyclic) bond motifs is 1. The highest BCUT2D eigenvalue weighted by Crippen LogP contribution is 2.33. The lowest BCUT2D eigenvalue weighted by Gasteiger charge is -2.25. The molecule has 110 valence electrons. The van der Waals surface area contributed by atoms with E-state index < -0.39 is 0 Å². The van der Waals surface area contributed by atoms with Crippen molar-refractivity contribution in [1.82, 2.24) is 0 Å². The molecule has 21 heavy (non-hydrogen) atoms. The number of aryl methyl sites for hydroxylation is 2. The van der Waals surface area contributed by atoms with E-state index in [1.807, 2.05) is 32.2 Å². The summed E-state index contributed by atoms with van der Waals surface area (Å²) >= 11 is 0. The normalized spacial score (nSPS) is 13.7. The molecule has 1 aromatic carbocycles. The molecule has 0 radical (unpaired) electrons. The molecule has 0 bridgehead atoms. The van der Waals surface area contributed by atoms with Crippen molar-refractivity contribution in [2.75, 3.05) is 23.0 Å². The molecule has 0 spiro atoms. The number of rotatable bonds is 3. The smallest absolute Gasteiger partial charge is 0.224 e. The molecule has 1 aliphatic rings. The Kier molecular flexibility index (Phi) is 3.33. The minimum absolute atomic E-state index is 0.0616. The fourth-order valence-electron chi connectivity index (χ4n) is 2.68. The first-order valence-electron chi connectivity index (χ1n) is 7.01. The SMILES string of the molecule is Cc1occc1CN(C)c1cc2c(cc1N)CCC(=O)N2. The van der Waals surface area contributed by atoms with E-state index in [-0.39, 0.29) is 5.91 Å². The van der Waals surface area contributed by atoms with Gasteiger partial charge in [-0.1, -0.05) is 0 Å². The number of nitrogens with two attached hydrogens (primary N) is 1. The molecule has 0 fully saturated rings. The van der Waals surface area contributed by atoms with Gasteiger partial charge in [0.25, 0.3) is 0 Å². The van der Waals surface area contributed by atoms with Crippen molar-refractivity contribution in [3.05, 3.63) is 41.3 Å². The Morgan fingerprint density at radius 3 is 2.90 bits per heavy atom. The summed E-state index contributed by atoms with van der Waals surface area (Å²) in [5, 5.41) is 2.91. The largest absolute Gasteiger partial charge is 0.469 e. The van der Waals surface area contributed by atoms with Gasteiger partial charge in [0, 0.05) is 31.3 Å². The predicted molar refractivity (Wildman–Crippen MR) is 83.4 cm³/mol. The maximum absolute atomic E-state index is 11.5. The average Bonchev–Trinajstić information content (AvgIpc) is 2.84. The van der Waals surface area contributed by atoms with Crippen LogP contribution < -0.4 is 16.0 Å². The first kappa shape index (κ1) is 13.5. The minimum Gasteiger partial charge on any atom is -0.469 e. The molecule has 0 saturated carbocycles. The Morgan fingerprint density at radius 1 is 1.38 bits per heavy atom. The molecule has 0 aliphatic carbocycles. The molecule has 3 N–H and O–H groups in total. The quantitative estimate of drug-likeness (QED) is 0.851. The highest BCUT2D eigenvalue weighted by atomic mass is 16.3. The van der Waals surface area contributed by atoms with Gasteiger partial charge in [0.2, 0.25) is 5.91 Å². The van der Waals surface area contributed by atoms with E-state index in [1.165, 1.54) is 0 Å². The number of hydrogen-bond acceptors (Lipinski definition) is 4. The molecule has 5 nitrogen and oxygen atoms in total. The number of carbonyl (C=O) groups is 1. The van der Waals surface area contributed by atoms with E-state index in [9.17, 15) is 4.79 Å². The molecular weight excluding hydrogens is 266 g/mol. The summed E-state index contributed by atoms with van der Waals surface area (Å²) in [6.45, 7) is 2.65. The van der Waals surface area contributed by atoms with Crippen molar-refractivity contribution >= 4 is 23.0 Å². The van der Waals surface area contributed by atoms with E-state index in [4.69, 9.17) is 10.2 Å². The molecule has 0 saturated heterocycles. The Bertz CT molecular complexity index is 691. The molecular formula is C16H19N3O2. The van der Waals surface area contributed by atoms with Crippen molar-refractivity contribution in [2.24, 2.45) is 0 Å². The predicted octanol–water partition coefficient (Wildman–Crippen LogP) is 2.69. The highest BCUT2D eigenvalue weighted by Gasteiger charge is 2.18. The van der Waals surface area contributed by atoms with Crippen molar-refractivity contribution in [3.63, 3.8) is 0 Å². The Morgan fingerprint density at radius 2 is 2.19 bits per heavy atom.